The third-order valence-corrected chi connectivity index (χ3v) is 3.72. The molecular weight excluding hydrogens is 316 g/mol. The van der Waals surface area contributed by atoms with Gasteiger partial charge in [0.15, 0.2) is 0 Å². The van der Waals surface area contributed by atoms with E-state index >= 15 is 0 Å². The van der Waals surface area contributed by atoms with E-state index in [2.05, 4.69) is 5.32 Å². The van der Waals surface area contributed by atoms with Crippen molar-refractivity contribution in [2.75, 3.05) is 11.9 Å². The molecule has 1 N–H and O–H groups in total. The van der Waals surface area contributed by atoms with E-state index in [1.807, 2.05) is 19.9 Å². The number of fused-ring (bicyclic) bond motifs is 1. The van der Waals surface area contributed by atoms with Gasteiger partial charge in [-0.05, 0) is 32.0 Å². The van der Waals surface area contributed by atoms with Crippen LogP contribution in [0.25, 0.3) is 0 Å². The first kappa shape index (κ1) is 16.2. The van der Waals surface area contributed by atoms with E-state index in [-0.39, 0.29) is 11.7 Å². The van der Waals surface area contributed by atoms with Crippen LogP contribution in [-0.2, 0) is 6.42 Å². The summed E-state index contributed by atoms with van der Waals surface area (Å²) in [5.41, 5.74) is 1.14. The van der Waals surface area contributed by atoms with Gasteiger partial charge in [0.25, 0.3) is 5.91 Å². The van der Waals surface area contributed by atoms with Crippen molar-refractivity contribution in [3.63, 3.8) is 0 Å². The smallest absolute Gasteiger partial charge is 0.258 e. The quantitative estimate of drug-likeness (QED) is 0.922. The molecule has 0 bridgehead atoms. The van der Waals surface area contributed by atoms with Gasteiger partial charge in [0.1, 0.15) is 29.2 Å². The lowest BCUT2D eigenvalue weighted by Gasteiger charge is -2.14. The van der Waals surface area contributed by atoms with Crippen LogP contribution < -0.4 is 14.8 Å². The van der Waals surface area contributed by atoms with Gasteiger partial charge in [-0.15, -0.1) is 0 Å². The average molecular weight is 333 g/mol. The van der Waals surface area contributed by atoms with Crippen molar-refractivity contribution in [3.05, 3.63) is 53.1 Å². The van der Waals surface area contributed by atoms with Gasteiger partial charge in [-0.2, -0.15) is 0 Å². The highest BCUT2D eigenvalue weighted by molar-refractivity contribution is 6.05. The van der Waals surface area contributed by atoms with E-state index < -0.39 is 17.5 Å². The van der Waals surface area contributed by atoms with Crippen LogP contribution in [0, 0.1) is 11.6 Å². The Labute approximate surface area is 138 Å². The van der Waals surface area contributed by atoms with Crippen LogP contribution in [0.1, 0.15) is 29.8 Å². The molecule has 2 aromatic rings. The summed E-state index contributed by atoms with van der Waals surface area (Å²) in [5, 5.41) is 2.61. The van der Waals surface area contributed by atoms with Crippen LogP contribution in [0.2, 0.25) is 0 Å². The number of carbonyl (C=O) groups is 1. The predicted molar refractivity (Wildman–Crippen MR) is 85.7 cm³/mol. The summed E-state index contributed by atoms with van der Waals surface area (Å²) in [6.45, 7) is 4.20. The number of anilines is 1. The number of ether oxygens (including phenoxy) is 2. The molecule has 126 valence electrons. The minimum Gasteiger partial charge on any atom is -0.492 e. The zero-order valence-corrected chi connectivity index (χ0v) is 13.4. The second-order valence-corrected chi connectivity index (χ2v) is 5.60. The fourth-order valence-corrected chi connectivity index (χ4v) is 2.68. The largest absolute Gasteiger partial charge is 0.492 e. The number of benzene rings is 2. The van der Waals surface area contributed by atoms with E-state index in [1.165, 1.54) is 0 Å². The molecule has 0 saturated heterocycles. The molecule has 24 heavy (non-hydrogen) atoms. The lowest BCUT2D eigenvalue weighted by Crippen LogP contribution is -2.15. The lowest BCUT2D eigenvalue weighted by molar-refractivity contribution is 0.102. The Morgan fingerprint density at radius 3 is 2.83 bits per heavy atom. The summed E-state index contributed by atoms with van der Waals surface area (Å²) in [6, 6.07) is 6.30. The Morgan fingerprint density at radius 2 is 2.12 bits per heavy atom. The molecule has 1 amide bonds. The van der Waals surface area contributed by atoms with Crippen molar-refractivity contribution in [1.29, 1.82) is 0 Å². The minimum atomic E-state index is -0.920. The highest BCUT2D eigenvalue weighted by Crippen LogP contribution is 2.38. The number of hydrogen-bond acceptors (Lipinski definition) is 3. The number of hydrogen-bond donors (Lipinski definition) is 1. The SMILES string of the molecule is CCOc1cc2c(cc1NC(=O)c1ccc(F)cc1F)OC(C)C2. The summed E-state index contributed by atoms with van der Waals surface area (Å²) in [7, 11) is 0. The monoisotopic (exact) mass is 333 g/mol. The van der Waals surface area contributed by atoms with Crippen molar-refractivity contribution in [3.8, 4) is 11.5 Å². The standard InChI is InChI=1S/C18H17F2NO3/c1-3-23-17-7-11-6-10(2)24-16(11)9-15(17)21-18(22)13-5-4-12(19)8-14(13)20/h4-5,7-10H,3,6H2,1-2H3,(H,21,22). The molecule has 1 aliphatic rings. The maximum Gasteiger partial charge on any atom is 0.258 e. The summed E-state index contributed by atoms with van der Waals surface area (Å²) in [4.78, 5) is 12.3. The molecule has 0 aromatic heterocycles. The summed E-state index contributed by atoms with van der Waals surface area (Å²) in [5.74, 6) is -1.18. The molecule has 0 spiro atoms. The van der Waals surface area contributed by atoms with Gasteiger partial charge in [-0.3, -0.25) is 4.79 Å². The van der Waals surface area contributed by atoms with Gasteiger partial charge in [-0.25, -0.2) is 8.78 Å². The minimum absolute atomic E-state index is 0.0509. The molecule has 4 nitrogen and oxygen atoms in total. The molecular formula is C18H17F2NO3. The Bertz CT molecular complexity index is 792. The number of nitrogens with one attached hydrogen (secondary N) is 1. The van der Waals surface area contributed by atoms with Crippen LogP contribution in [0.5, 0.6) is 11.5 Å². The van der Waals surface area contributed by atoms with Gasteiger partial charge in [0.05, 0.1) is 17.9 Å². The normalized spacial score (nSPS) is 15.6. The molecule has 0 aliphatic carbocycles. The zero-order valence-electron chi connectivity index (χ0n) is 13.4. The van der Waals surface area contributed by atoms with E-state index in [0.29, 0.717) is 29.9 Å². The third kappa shape index (κ3) is 3.18. The number of amides is 1. The van der Waals surface area contributed by atoms with Gasteiger partial charge in [0, 0.05) is 24.1 Å². The lowest BCUT2D eigenvalue weighted by atomic mass is 10.1. The Kier molecular flexibility index (Phi) is 4.38. The molecule has 2 aromatic carbocycles. The number of halogens is 2. The second-order valence-electron chi connectivity index (χ2n) is 5.60. The second kappa shape index (κ2) is 6.47. The molecule has 3 rings (SSSR count). The van der Waals surface area contributed by atoms with Gasteiger partial charge >= 0.3 is 0 Å². The maximum absolute atomic E-state index is 13.8. The molecule has 1 unspecified atom stereocenters. The Hall–Kier alpha value is -2.63. The fourth-order valence-electron chi connectivity index (χ4n) is 2.68. The van der Waals surface area contributed by atoms with Gasteiger partial charge < -0.3 is 14.8 Å². The van der Waals surface area contributed by atoms with Crippen molar-refractivity contribution in [1.82, 2.24) is 0 Å². The van der Waals surface area contributed by atoms with E-state index in [9.17, 15) is 13.6 Å². The maximum atomic E-state index is 13.8. The fraction of sp³-hybridized carbons (Fsp3) is 0.278. The summed E-state index contributed by atoms with van der Waals surface area (Å²) >= 11 is 0. The topological polar surface area (TPSA) is 47.6 Å². The van der Waals surface area contributed by atoms with Crippen LogP contribution in [0.3, 0.4) is 0 Å². The third-order valence-electron chi connectivity index (χ3n) is 3.72. The molecule has 0 saturated carbocycles. The molecule has 0 fully saturated rings. The number of rotatable bonds is 4. The van der Waals surface area contributed by atoms with Crippen LogP contribution in [-0.4, -0.2) is 18.6 Å². The van der Waals surface area contributed by atoms with Crippen molar-refractivity contribution in [2.45, 2.75) is 26.4 Å². The Balaban J connectivity index is 1.91. The predicted octanol–water partition coefficient (Wildman–Crippen LogP) is 3.94. The number of carbonyl (C=O) groups excluding carboxylic acids is 1. The first-order chi connectivity index (χ1) is 11.5. The molecule has 1 heterocycles. The van der Waals surface area contributed by atoms with Crippen molar-refractivity contribution < 1.29 is 23.0 Å². The molecule has 6 heteroatoms. The van der Waals surface area contributed by atoms with Crippen molar-refractivity contribution in [2.24, 2.45) is 0 Å². The first-order valence-electron chi connectivity index (χ1n) is 7.70. The van der Waals surface area contributed by atoms with Crippen LogP contribution >= 0.6 is 0 Å². The van der Waals surface area contributed by atoms with E-state index in [1.54, 1.807) is 6.07 Å². The molecule has 0 radical (unpaired) electrons. The Morgan fingerprint density at radius 1 is 1.33 bits per heavy atom. The van der Waals surface area contributed by atoms with Crippen LogP contribution in [0.15, 0.2) is 30.3 Å². The van der Waals surface area contributed by atoms with Crippen LogP contribution in [0.4, 0.5) is 14.5 Å². The van der Waals surface area contributed by atoms with E-state index in [4.69, 9.17) is 9.47 Å². The first-order valence-corrected chi connectivity index (χ1v) is 7.70. The summed E-state index contributed by atoms with van der Waals surface area (Å²) < 4.78 is 38.0. The van der Waals surface area contributed by atoms with Crippen molar-refractivity contribution >= 4 is 11.6 Å². The summed E-state index contributed by atoms with van der Waals surface area (Å²) in [6.07, 6.45) is 0.811. The average Bonchev–Trinajstić information content (AvgIpc) is 2.86. The highest BCUT2D eigenvalue weighted by Gasteiger charge is 2.23. The zero-order chi connectivity index (χ0) is 17.3. The van der Waals surface area contributed by atoms with Gasteiger partial charge in [-0.1, -0.05) is 0 Å². The highest BCUT2D eigenvalue weighted by atomic mass is 19.1. The van der Waals surface area contributed by atoms with E-state index in [0.717, 1.165) is 24.1 Å². The van der Waals surface area contributed by atoms with Gasteiger partial charge in [0.2, 0.25) is 0 Å². The molecule has 1 aliphatic heterocycles. The molecule has 1 atom stereocenters.